The van der Waals surface area contributed by atoms with Crippen LogP contribution in [0.25, 0.3) is 0 Å². The van der Waals surface area contributed by atoms with Gasteiger partial charge in [-0.15, -0.1) is 12.6 Å². The van der Waals surface area contributed by atoms with E-state index in [2.05, 4.69) is 19.6 Å². The highest BCUT2D eigenvalue weighted by molar-refractivity contribution is 8.10. The van der Waals surface area contributed by atoms with E-state index in [4.69, 9.17) is 12.2 Å². The molecule has 0 aromatic carbocycles. The molecule has 0 aliphatic heterocycles. The Hall–Kier alpha value is 0.240. The van der Waals surface area contributed by atoms with Crippen LogP contribution in [-0.2, 0) is 0 Å². The molecule has 0 fully saturated rings. The number of hydrogen-bond acceptors (Lipinski definition) is 1. The Morgan fingerprint density at radius 2 is 2.22 bits per heavy atom. The number of thiocarbonyl (C=S) groups is 1. The molecule has 0 saturated carbocycles. The van der Waals surface area contributed by atoms with Crippen LogP contribution in [0.3, 0.4) is 0 Å². The lowest BCUT2D eigenvalue weighted by molar-refractivity contribution is 0.500. The van der Waals surface area contributed by atoms with Crippen molar-refractivity contribution in [2.45, 2.75) is 19.8 Å². The van der Waals surface area contributed by atoms with Gasteiger partial charge in [-0.2, -0.15) is 0 Å². The number of thiol groups is 1. The Morgan fingerprint density at radius 1 is 1.67 bits per heavy atom. The zero-order valence-electron chi connectivity index (χ0n) is 5.92. The van der Waals surface area contributed by atoms with Crippen molar-refractivity contribution in [2.24, 2.45) is 0 Å². The molecule has 0 spiro atoms. The number of unbranched alkanes of at least 4 members (excludes halogenated alkanes) is 1. The average Bonchev–Trinajstić information content (AvgIpc) is 1.82. The van der Waals surface area contributed by atoms with Gasteiger partial charge in [0.05, 0.1) is 0 Å². The maximum atomic E-state index is 4.82. The van der Waals surface area contributed by atoms with Gasteiger partial charge in [-0.25, -0.2) is 0 Å². The van der Waals surface area contributed by atoms with E-state index in [1.807, 2.05) is 11.9 Å². The van der Waals surface area contributed by atoms with Gasteiger partial charge in [-0.3, -0.25) is 0 Å². The predicted molar refractivity (Wildman–Crippen MR) is 49.1 cm³/mol. The number of nitrogens with zero attached hydrogens (tertiary/aromatic N) is 1. The molecule has 0 N–H and O–H groups in total. The molecule has 54 valence electrons. The third-order valence-corrected chi connectivity index (χ3v) is 1.83. The van der Waals surface area contributed by atoms with Crippen molar-refractivity contribution >= 4 is 29.2 Å². The molecule has 0 bridgehead atoms. The molecule has 3 heteroatoms. The molecule has 0 aromatic rings. The molecule has 0 heterocycles. The minimum Gasteiger partial charge on any atom is -0.361 e. The molecular formula is C6H13NS2. The largest absolute Gasteiger partial charge is 0.361 e. The second-order valence-electron chi connectivity index (χ2n) is 2.06. The molecule has 0 aliphatic rings. The van der Waals surface area contributed by atoms with Crippen LogP contribution in [0.15, 0.2) is 0 Å². The molecule has 0 radical (unpaired) electrons. The van der Waals surface area contributed by atoms with Crippen LogP contribution in [0.5, 0.6) is 0 Å². The standard InChI is InChI=1S/C6H13NS2/c1-3-4-5-7(2)6(8)9/h3-5H2,1-2H3,(H,8,9). The van der Waals surface area contributed by atoms with Gasteiger partial charge >= 0.3 is 0 Å². The predicted octanol–water partition coefficient (Wildman–Crippen LogP) is 1.93. The molecule has 0 saturated heterocycles. The average molecular weight is 163 g/mol. The van der Waals surface area contributed by atoms with E-state index in [-0.39, 0.29) is 0 Å². The Kier molecular flexibility index (Phi) is 5.19. The number of rotatable bonds is 3. The first-order chi connectivity index (χ1) is 4.18. The van der Waals surface area contributed by atoms with Crippen LogP contribution in [-0.4, -0.2) is 22.8 Å². The summed E-state index contributed by atoms with van der Waals surface area (Å²) in [7, 11) is 1.96. The summed E-state index contributed by atoms with van der Waals surface area (Å²) in [5, 5.41) is 0. The first kappa shape index (κ1) is 9.24. The zero-order valence-corrected chi connectivity index (χ0v) is 7.63. The summed E-state index contributed by atoms with van der Waals surface area (Å²) >= 11 is 8.84. The third kappa shape index (κ3) is 4.73. The zero-order chi connectivity index (χ0) is 7.28. The fourth-order valence-corrected chi connectivity index (χ4v) is 0.682. The van der Waals surface area contributed by atoms with E-state index >= 15 is 0 Å². The van der Waals surface area contributed by atoms with Gasteiger partial charge in [-0.05, 0) is 6.42 Å². The maximum Gasteiger partial charge on any atom is 0.133 e. The minimum atomic E-state index is 0.684. The van der Waals surface area contributed by atoms with E-state index in [9.17, 15) is 0 Å². The van der Waals surface area contributed by atoms with Crippen LogP contribution in [0.2, 0.25) is 0 Å². The van der Waals surface area contributed by atoms with Crippen molar-refractivity contribution < 1.29 is 0 Å². The van der Waals surface area contributed by atoms with Crippen molar-refractivity contribution in [1.82, 2.24) is 4.90 Å². The van der Waals surface area contributed by atoms with E-state index in [0.29, 0.717) is 4.32 Å². The SMILES string of the molecule is CCCCN(C)C(=S)S. The van der Waals surface area contributed by atoms with Crippen molar-refractivity contribution in [3.8, 4) is 0 Å². The van der Waals surface area contributed by atoms with Gasteiger partial charge in [0.2, 0.25) is 0 Å². The highest BCUT2D eigenvalue weighted by Crippen LogP contribution is 1.95. The quantitative estimate of drug-likeness (QED) is 0.500. The lowest BCUT2D eigenvalue weighted by Crippen LogP contribution is -2.21. The Morgan fingerprint density at radius 3 is 2.56 bits per heavy atom. The lowest BCUT2D eigenvalue weighted by atomic mass is 10.3. The summed E-state index contributed by atoms with van der Waals surface area (Å²) < 4.78 is 0.684. The molecule has 0 amide bonds. The summed E-state index contributed by atoms with van der Waals surface area (Å²) in [4.78, 5) is 1.97. The minimum absolute atomic E-state index is 0.684. The Balaban J connectivity index is 3.27. The van der Waals surface area contributed by atoms with Crippen molar-refractivity contribution in [2.75, 3.05) is 13.6 Å². The molecular weight excluding hydrogens is 150 g/mol. The monoisotopic (exact) mass is 163 g/mol. The molecule has 9 heavy (non-hydrogen) atoms. The fourth-order valence-electron chi connectivity index (χ4n) is 0.491. The van der Waals surface area contributed by atoms with E-state index in [1.54, 1.807) is 0 Å². The molecule has 0 atom stereocenters. The molecule has 0 aromatic heterocycles. The summed E-state index contributed by atoms with van der Waals surface area (Å²) in [6.45, 7) is 3.19. The van der Waals surface area contributed by atoms with Crippen molar-refractivity contribution in [3.63, 3.8) is 0 Å². The normalized spacial score (nSPS) is 9.22. The van der Waals surface area contributed by atoms with Crippen LogP contribution < -0.4 is 0 Å². The van der Waals surface area contributed by atoms with E-state index < -0.39 is 0 Å². The summed E-state index contributed by atoms with van der Waals surface area (Å²) in [6, 6.07) is 0. The van der Waals surface area contributed by atoms with Crippen molar-refractivity contribution in [3.05, 3.63) is 0 Å². The van der Waals surface area contributed by atoms with Gasteiger partial charge in [0.25, 0.3) is 0 Å². The lowest BCUT2D eigenvalue weighted by Gasteiger charge is -2.14. The van der Waals surface area contributed by atoms with Crippen LogP contribution in [0.4, 0.5) is 0 Å². The van der Waals surface area contributed by atoms with E-state index in [0.717, 1.165) is 6.54 Å². The third-order valence-electron chi connectivity index (χ3n) is 1.17. The molecule has 0 aliphatic carbocycles. The summed E-state index contributed by atoms with van der Waals surface area (Å²) in [5.41, 5.74) is 0. The Bertz CT molecular complexity index is 93.1. The maximum absolute atomic E-state index is 4.82. The number of hydrogen-bond donors (Lipinski definition) is 1. The highest BCUT2D eigenvalue weighted by Gasteiger charge is 1.95. The smallest absolute Gasteiger partial charge is 0.133 e. The first-order valence-electron chi connectivity index (χ1n) is 3.12. The fraction of sp³-hybridized carbons (Fsp3) is 0.833. The van der Waals surface area contributed by atoms with Crippen molar-refractivity contribution in [1.29, 1.82) is 0 Å². The van der Waals surface area contributed by atoms with Gasteiger partial charge in [-0.1, -0.05) is 25.6 Å². The van der Waals surface area contributed by atoms with Gasteiger partial charge in [0.1, 0.15) is 4.32 Å². The molecule has 1 nitrogen and oxygen atoms in total. The van der Waals surface area contributed by atoms with Gasteiger partial charge in [0, 0.05) is 13.6 Å². The summed E-state index contributed by atoms with van der Waals surface area (Å²) in [5.74, 6) is 0. The van der Waals surface area contributed by atoms with Crippen LogP contribution in [0.1, 0.15) is 19.8 Å². The van der Waals surface area contributed by atoms with Crippen LogP contribution in [0, 0.1) is 0 Å². The second kappa shape index (κ2) is 5.06. The molecule has 0 unspecified atom stereocenters. The first-order valence-corrected chi connectivity index (χ1v) is 3.98. The van der Waals surface area contributed by atoms with Gasteiger partial charge < -0.3 is 4.90 Å². The second-order valence-corrected chi connectivity index (χ2v) is 3.17. The van der Waals surface area contributed by atoms with Gasteiger partial charge in [0.15, 0.2) is 0 Å². The highest BCUT2D eigenvalue weighted by atomic mass is 32.1. The van der Waals surface area contributed by atoms with Crippen LogP contribution >= 0.6 is 24.8 Å². The Labute approximate surface area is 67.8 Å². The topological polar surface area (TPSA) is 3.24 Å². The summed E-state index contributed by atoms with van der Waals surface area (Å²) in [6.07, 6.45) is 2.40. The molecule has 0 rings (SSSR count). The van der Waals surface area contributed by atoms with E-state index in [1.165, 1.54) is 12.8 Å².